The Morgan fingerprint density at radius 3 is 2.35 bits per heavy atom. The number of carbonyl (C=O) groups excluding carboxylic acids is 1. The lowest BCUT2D eigenvalue weighted by Gasteiger charge is -2.20. The Hall–Kier alpha value is -0.900. The predicted molar refractivity (Wildman–Crippen MR) is 70.3 cm³/mol. The van der Waals surface area contributed by atoms with Crippen LogP contribution in [0.25, 0.3) is 0 Å². The summed E-state index contributed by atoms with van der Waals surface area (Å²) in [5.41, 5.74) is 0.629. The lowest BCUT2D eigenvalue weighted by atomic mass is 9.89. The summed E-state index contributed by atoms with van der Waals surface area (Å²) in [6.07, 6.45) is 0.625. The molecular weight excluding hydrogens is 234 g/mol. The molecule has 0 atom stereocenters. The third-order valence-electron chi connectivity index (χ3n) is 2.65. The maximum Gasteiger partial charge on any atom is 0.311 e. The summed E-state index contributed by atoms with van der Waals surface area (Å²) in [6, 6.07) is 0. The van der Waals surface area contributed by atoms with Crippen LogP contribution in [0.3, 0.4) is 0 Å². The number of esters is 1. The first-order valence-electron chi connectivity index (χ1n) is 5.70. The average molecular weight is 255 g/mol. The monoisotopic (exact) mass is 255 g/mol. The van der Waals surface area contributed by atoms with Crippen LogP contribution in [0.2, 0.25) is 0 Å². The molecule has 1 heterocycles. The molecule has 0 N–H and O–H groups in total. The van der Waals surface area contributed by atoms with E-state index in [9.17, 15) is 4.79 Å². The second-order valence-corrected chi connectivity index (χ2v) is 6.87. The smallest absolute Gasteiger partial charge is 0.311 e. The topological polar surface area (TPSA) is 39.2 Å². The largest absolute Gasteiger partial charge is 0.469 e. The molecule has 0 aliphatic rings. The zero-order valence-corrected chi connectivity index (χ0v) is 12.3. The van der Waals surface area contributed by atoms with Crippen molar-refractivity contribution in [3.8, 4) is 0 Å². The van der Waals surface area contributed by atoms with E-state index in [-0.39, 0.29) is 11.4 Å². The number of rotatable bonds is 3. The number of carbonyl (C=O) groups is 1. The molecule has 0 aromatic carbocycles. The summed E-state index contributed by atoms with van der Waals surface area (Å²) in [4.78, 5) is 16.2. The van der Waals surface area contributed by atoms with E-state index in [1.807, 2.05) is 13.8 Å². The highest BCUT2D eigenvalue weighted by Gasteiger charge is 2.30. The van der Waals surface area contributed by atoms with E-state index in [4.69, 9.17) is 4.74 Å². The second kappa shape index (κ2) is 4.77. The maximum absolute atomic E-state index is 11.6. The van der Waals surface area contributed by atoms with Crippen molar-refractivity contribution in [1.82, 2.24) is 4.98 Å². The van der Waals surface area contributed by atoms with Crippen molar-refractivity contribution in [1.29, 1.82) is 0 Å². The van der Waals surface area contributed by atoms with Crippen molar-refractivity contribution in [3.05, 3.63) is 16.1 Å². The lowest BCUT2D eigenvalue weighted by Crippen LogP contribution is -2.28. The van der Waals surface area contributed by atoms with E-state index in [1.54, 1.807) is 11.3 Å². The molecule has 1 rings (SSSR count). The summed E-state index contributed by atoms with van der Waals surface area (Å²) in [6.45, 7) is 10.2. The molecule has 0 bridgehead atoms. The van der Waals surface area contributed by atoms with Crippen LogP contribution in [0.15, 0.2) is 5.38 Å². The van der Waals surface area contributed by atoms with Gasteiger partial charge in [0.25, 0.3) is 0 Å². The number of hydrogen-bond acceptors (Lipinski definition) is 4. The molecule has 17 heavy (non-hydrogen) atoms. The number of methoxy groups -OCH3 is 1. The molecule has 0 fully saturated rings. The molecule has 0 aliphatic carbocycles. The summed E-state index contributed by atoms with van der Waals surface area (Å²) >= 11 is 1.61. The molecule has 4 heteroatoms. The Bertz CT molecular complexity index is 402. The average Bonchev–Trinajstić information content (AvgIpc) is 2.63. The van der Waals surface area contributed by atoms with Crippen molar-refractivity contribution in [2.45, 2.75) is 46.5 Å². The molecule has 0 amide bonds. The van der Waals surface area contributed by atoms with Crippen LogP contribution in [0, 0.1) is 5.41 Å². The first-order valence-corrected chi connectivity index (χ1v) is 6.58. The zero-order valence-electron chi connectivity index (χ0n) is 11.5. The molecule has 0 aliphatic heterocycles. The summed E-state index contributed by atoms with van der Waals surface area (Å²) in [5, 5.41) is 3.06. The van der Waals surface area contributed by atoms with Crippen molar-refractivity contribution in [2.75, 3.05) is 7.11 Å². The van der Waals surface area contributed by atoms with E-state index in [2.05, 4.69) is 31.1 Å². The maximum atomic E-state index is 11.6. The molecule has 0 spiro atoms. The van der Waals surface area contributed by atoms with Crippen LogP contribution in [0.1, 0.15) is 45.3 Å². The van der Waals surface area contributed by atoms with Crippen LogP contribution in [0.4, 0.5) is 0 Å². The lowest BCUT2D eigenvalue weighted by molar-refractivity contribution is -0.150. The number of hydrogen-bond donors (Lipinski definition) is 0. The third kappa shape index (κ3) is 3.53. The summed E-state index contributed by atoms with van der Waals surface area (Å²) in [7, 11) is 1.42. The van der Waals surface area contributed by atoms with Gasteiger partial charge in [-0.1, -0.05) is 20.8 Å². The van der Waals surface area contributed by atoms with Gasteiger partial charge in [0.1, 0.15) is 0 Å². The fraction of sp³-hybridized carbons (Fsp3) is 0.692. The minimum atomic E-state index is -0.512. The van der Waals surface area contributed by atoms with Gasteiger partial charge in [0.15, 0.2) is 0 Å². The number of ether oxygens (including phenoxy) is 1. The first kappa shape index (κ1) is 14.2. The normalized spacial score (nSPS) is 12.6. The predicted octanol–water partition coefficient (Wildman–Crippen LogP) is 3.18. The van der Waals surface area contributed by atoms with E-state index in [1.165, 1.54) is 7.11 Å². The standard InChI is InChI=1S/C13H21NO2S/c1-12(2,3)9-8-17-10(14-9)7-13(4,5)11(15)16-6/h8H,7H2,1-6H3. The van der Waals surface area contributed by atoms with Crippen LogP contribution < -0.4 is 0 Å². The van der Waals surface area contributed by atoms with E-state index < -0.39 is 5.41 Å². The molecule has 1 aromatic rings. The molecule has 0 radical (unpaired) electrons. The van der Waals surface area contributed by atoms with Gasteiger partial charge in [0.2, 0.25) is 0 Å². The Balaban J connectivity index is 2.83. The Morgan fingerprint density at radius 1 is 1.35 bits per heavy atom. The molecule has 3 nitrogen and oxygen atoms in total. The van der Waals surface area contributed by atoms with E-state index in [0.717, 1.165) is 10.7 Å². The molecule has 1 aromatic heterocycles. The molecular formula is C13H21NO2S. The van der Waals surface area contributed by atoms with Crippen LogP contribution in [0.5, 0.6) is 0 Å². The van der Waals surface area contributed by atoms with Crippen LogP contribution in [-0.4, -0.2) is 18.1 Å². The van der Waals surface area contributed by atoms with Gasteiger partial charge in [-0.15, -0.1) is 11.3 Å². The van der Waals surface area contributed by atoms with E-state index >= 15 is 0 Å². The Kier molecular flexibility index (Phi) is 3.97. The highest BCUT2D eigenvalue weighted by molar-refractivity contribution is 7.09. The van der Waals surface area contributed by atoms with Gasteiger partial charge in [-0.25, -0.2) is 4.98 Å². The highest BCUT2D eigenvalue weighted by atomic mass is 32.1. The minimum Gasteiger partial charge on any atom is -0.469 e. The SMILES string of the molecule is COC(=O)C(C)(C)Cc1nc(C(C)(C)C)cs1. The Labute approximate surface area is 107 Å². The molecule has 0 unspecified atom stereocenters. The summed E-state index contributed by atoms with van der Waals surface area (Å²) in [5.74, 6) is -0.190. The Morgan fingerprint density at radius 2 is 1.94 bits per heavy atom. The van der Waals surface area contributed by atoms with Crippen molar-refractivity contribution < 1.29 is 9.53 Å². The van der Waals surface area contributed by atoms with Crippen LogP contribution in [-0.2, 0) is 21.4 Å². The van der Waals surface area contributed by atoms with Gasteiger partial charge < -0.3 is 4.74 Å². The highest BCUT2D eigenvalue weighted by Crippen LogP contribution is 2.29. The van der Waals surface area contributed by atoms with Crippen molar-refractivity contribution in [2.24, 2.45) is 5.41 Å². The fourth-order valence-corrected chi connectivity index (χ4v) is 2.71. The molecule has 96 valence electrons. The number of thiazole rings is 1. The first-order chi connectivity index (χ1) is 7.66. The van der Waals surface area contributed by atoms with E-state index in [0.29, 0.717) is 6.42 Å². The van der Waals surface area contributed by atoms with Crippen molar-refractivity contribution in [3.63, 3.8) is 0 Å². The minimum absolute atomic E-state index is 0.0597. The van der Waals surface area contributed by atoms with Gasteiger partial charge in [-0.05, 0) is 13.8 Å². The van der Waals surface area contributed by atoms with Crippen molar-refractivity contribution >= 4 is 17.3 Å². The third-order valence-corrected chi connectivity index (χ3v) is 3.50. The van der Waals surface area contributed by atoms with Crippen LogP contribution >= 0.6 is 11.3 Å². The zero-order chi connectivity index (χ0) is 13.3. The number of nitrogens with zero attached hydrogens (tertiary/aromatic N) is 1. The quantitative estimate of drug-likeness (QED) is 0.779. The van der Waals surface area contributed by atoms with Gasteiger partial charge in [-0.2, -0.15) is 0 Å². The molecule has 0 saturated heterocycles. The molecule has 0 saturated carbocycles. The summed E-state index contributed by atoms with van der Waals surface area (Å²) < 4.78 is 4.80. The number of aromatic nitrogens is 1. The van der Waals surface area contributed by atoms with Gasteiger partial charge in [0.05, 0.1) is 23.2 Å². The van der Waals surface area contributed by atoms with Gasteiger partial charge >= 0.3 is 5.97 Å². The fourth-order valence-electron chi connectivity index (χ4n) is 1.46. The van der Waals surface area contributed by atoms with Gasteiger partial charge in [-0.3, -0.25) is 4.79 Å². The second-order valence-electron chi connectivity index (χ2n) is 5.93. The van der Waals surface area contributed by atoms with Gasteiger partial charge in [0, 0.05) is 17.2 Å².